The second-order valence-corrected chi connectivity index (χ2v) is 9.99. The minimum absolute atomic E-state index is 0.0359. The van der Waals surface area contributed by atoms with E-state index in [4.69, 9.17) is 9.47 Å². The van der Waals surface area contributed by atoms with Crippen LogP contribution in [0.3, 0.4) is 0 Å². The van der Waals surface area contributed by atoms with Crippen LogP contribution in [0, 0.1) is 0 Å². The van der Waals surface area contributed by atoms with Crippen molar-refractivity contribution < 1.29 is 23.9 Å². The first-order chi connectivity index (χ1) is 18.9. The Morgan fingerprint density at radius 2 is 1.59 bits per heavy atom. The van der Waals surface area contributed by atoms with Crippen molar-refractivity contribution in [3.63, 3.8) is 0 Å². The lowest BCUT2D eigenvalue weighted by atomic mass is 10.0. The number of nitrogens with zero attached hydrogens (tertiary/aromatic N) is 4. The first-order valence-corrected chi connectivity index (χ1v) is 13.5. The fourth-order valence-electron chi connectivity index (χ4n) is 5.24. The summed E-state index contributed by atoms with van der Waals surface area (Å²) >= 11 is 0. The highest BCUT2D eigenvalue weighted by Crippen LogP contribution is 2.28. The standard InChI is InChI=1S/C29H39N5O5/c1-5-6-7-25-28(36)32(17-16-21-8-12-23(38-3)13-9-21)19-26-33(25)27(35)20-31(2)34(26)29(37)30-18-22-10-14-24(39-4)15-11-22/h8-15,25-26H,5-7,16-20H2,1-4H3,(H,30,37)/t25-,26-/m0/s1. The Kier molecular flexibility index (Phi) is 9.29. The summed E-state index contributed by atoms with van der Waals surface area (Å²) < 4.78 is 10.5. The van der Waals surface area contributed by atoms with Gasteiger partial charge in [-0.3, -0.25) is 9.59 Å². The molecule has 0 aromatic heterocycles. The Balaban J connectivity index is 1.52. The van der Waals surface area contributed by atoms with Crippen LogP contribution in [0.5, 0.6) is 11.5 Å². The number of nitrogens with one attached hydrogen (secondary N) is 1. The first-order valence-electron chi connectivity index (χ1n) is 13.5. The molecule has 0 radical (unpaired) electrons. The van der Waals surface area contributed by atoms with Crippen LogP contribution in [-0.2, 0) is 22.6 Å². The summed E-state index contributed by atoms with van der Waals surface area (Å²) in [7, 11) is 4.98. The average molecular weight is 538 g/mol. The lowest BCUT2D eigenvalue weighted by molar-refractivity contribution is -0.187. The number of carbonyl (C=O) groups excluding carboxylic acids is 3. The largest absolute Gasteiger partial charge is 0.497 e. The Morgan fingerprint density at radius 3 is 2.18 bits per heavy atom. The van der Waals surface area contributed by atoms with Gasteiger partial charge in [-0.25, -0.2) is 14.8 Å². The number of unbranched alkanes of at least 4 members (excludes halogenated alkanes) is 1. The quantitative estimate of drug-likeness (QED) is 0.501. The van der Waals surface area contributed by atoms with Crippen LogP contribution >= 0.6 is 0 Å². The zero-order valence-corrected chi connectivity index (χ0v) is 23.3. The number of hydrogen-bond acceptors (Lipinski definition) is 6. The third-order valence-corrected chi connectivity index (χ3v) is 7.41. The number of likely N-dealkylation sites (N-methyl/N-ethyl adjacent to an activating group) is 1. The van der Waals surface area contributed by atoms with Crippen molar-refractivity contribution in [2.45, 2.75) is 51.4 Å². The number of carbonyl (C=O) groups is 3. The molecule has 4 rings (SSSR count). The lowest BCUT2D eigenvalue weighted by Crippen LogP contribution is -2.76. The van der Waals surface area contributed by atoms with Gasteiger partial charge in [-0.05, 0) is 48.2 Å². The van der Waals surface area contributed by atoms with Crippen LogP contribution in [0.25, 0.3) is 0 Å². The summed E-state index contributed by atoms with van der Waals surface area (Å²) in [5.41, 5.74) is 2.01. The Hall–Kier alpha value is -3.79. The SMILES string of the molecule is CCCC[C@H]1C(=O)N(CCc2ccc(OC)cc2)C[C@H]2N1C(=O)CN(C)N2C(=O)NCc1ccc(OC)cc1. The Labute approximate surface area is 230 Å². The number of hydrazine groups is 1. The summed E-state index contributed by atoms with van der Waals surface area (Å²) in [6, 6.07) is 14.4. The van der Waals surface area contributed by atoms with Crippen molar-refractivity contribution in [3.05, 3.63) is 59.7 Å². The van der Waals surface area contributed by atoms with Crippen LogP contribution in [0.15, 0.2) is 48.5 Å². The van der Waals surface area contributed by atoms with Crippen LogP contribution in [0.2, 0.25) is 0 Å². The Morgan fingerprint density at radius 1 is 0.974 bits per heavy atom. The maximum Gasteiger partial charge on any atom is 0.334 e. The third kappa shape index (κ3) is 6.44. The molecule has 1 N–H and O–H groups in total. The summed E-state index contributed by atoms with van der Waals surface area (Å²) in [5, 5.41) is 6.24. The third-order valence-electron chi connectivity index (χ3n) is 7.41. The molecule has 2 aliphatic rings. The minimum atomic E-state index is -0.586. The predicted octanol–water partition coefficient (Wildman–Crippen LogP) is 2.87. The van der Waals surface area contributed by atoms with Gasteiger partial charge in [-0.2, -0.15) is 0 Å². The van der Waals surface area contributed by atoms with Crippen molar-refractivity contribution in [2.75, 3.05) is 40.9 Å². The lowest BCUT2D eigenvalue weighted by Gasteiger charge is -2.54. The van der Waals surface area contributed by atoms with Crippen molar-refractivity contribution in [2.24, 2.45) is 0 Å². The highest BCUT2D eigenvalue weighted by atomic mass is 16.5. The second kappa shape index (κ2) is 12.8. The number of fused-ring (bicyclic) bond motifs is 1. The summed E-state index contributed by atoms with van der Waals surface area (Å²) in [6.07, 6.45) is 2.38. The molecule has 39 heavy (non-hydrogen) atoms. The molecule has 2 aromatic carbocycles. The van der Waals surface area contributed by atoms with Crippen LogP contribution in [0.1, 0.15) is 37.3 Å². The van der Waals surface area contributed by atoms with Gasteiger partial charge < -0.3 is 24.6 Å². The van der Waals surface area contributed by atoms with E-state index in [1.54, 1.807) is 36.2 Å². The molecular weight excluding hydrogens is 498 g/mol. The van der Waals surface area contributed by atoms with Gasteiger partial charge in [0, 0.05) is 20.1 Å². The van der Waals surface area contributed by atoms with Gasteiger partial charge in [0.15, 0.2) is 0 Å². The van der Waals surface area contributed by atoms with Crippen LogP contribution in [-0.4, -0.2) is 90.8 Å². The van der Waals surface area contributed by atoms with Gasteiger partial charge >= 0.3 is 6.03 Å². The van der Waals surface area contributed by atoms with E-state index in [9.17, 15) is 14.4 Å². The van der Waals surface area contributed by atoms with E-state index >= 15 is 0 Å². The maximum atomic E-state index is 13.6. The van der Waals surface area contributed by atoms with Crippen molar-refractivity contribution in [3.8, 4) is 11.5 Å². The topological polar surface area (TPSA) is 94.7 Å². The van der Waals surface area contributed by atoms with E-state index in [-0.39, 0.29) is 30.9 Å². The molecule has 2 atom stereocenters. The van der Waals surface area contributed by atoms with E-state index < -0.39 is 12.2 Å². The summed E-state index contributed by atoms with van der Waals surface area (Å²) in [6.45, 7) is 3.18. The molecule has 10 nitrogen and oxygen atoms in total. The van der Waals surface area contributed by atoms with E-state index in [0.717, 1.165) is 35.5 Å². The number of rotatable bonds is 10. The highest BCUT2D eigenvalue weighted by molar-refractivity contribution is 5.91. The number of ether oxygens (including phenoxy) is 2. The molecule has 0 spiro atoms. The van der Waals surface area contributed by atoms with E-state index in [0.29, 0.717) is 25.9 Å². The Bertz CT molecular complexity index is 1140. The number of methoxy groups -OCH3 is 2. The highest BCUT2D eigenvalue weighted by Gasteiger charge is 2.50. The summed E-state index contributed by atoms with van der Waals surface area (Å²) in [5.74, 6) is 1.34. The molecule has 0 unspecified atom stereocenters. The molecule has 210 valence electrons. The van der Waals surface area contributed by atoms with E-state index in [1.807, 2.05) is 53.4 Å². The average Bonchev–Trinajstić information content (AvgIpc) is 2.95. The smallest absolute Gasteiger partial charge is 0.334 e. The van der Waals surface area contributed by atoms with Crippen LogP contribution in [0.4, 0.5) is 4.79 Å². The first kappa shape index (κ1) is 28.2. The molecular formula is C29H39N5O5. The van der Waals surface area contributed by atoms with Crippen molar-refractivity contribution in [1.29, 1.82) is 0 Å². The fraction of sp³-hybridized carbons (Fsp3) is 0.483. The number of urea groups is 1. The number of hydrogen-bond donors (Lipinski definition) is 1. The summed E-state index contributed by atoms with van der Waals surface area (Å²) in [4.78, 5) is 43.9. The zero-order chi connectivity index (χ0) is 27.9. The molecule has 0 aliphatic carbocycles. The molecule has 2 aliphatic heterocycles. The number of amides is 4. The van der Waals surface area contributed by atoms with E-state index in [2.05, 4.69) is 12.2 Å². The van der Waals surface area contributed by atoms with Gasteiger partial charge in [0.25, 0.3) is 0 Å². The molecule has 2 aromatic rings. The predicted molar refractivity (Wildman–Crippen MR) is 147 cm³/mol. The van der Waals surface area contributed by atoms with Gasteiger partial charge in [0.1, 0.15) is 23.7 Å². The normalized spacial score (nSPS) is 19.6. The van der Waals surface area contributed by atoms with Gasteiger partial charge in [-0.1, -0.05) is 44.0 Å². The molecule has 10 heteroatoms. The van der Waals surface area contributed by atoms with Gasteiger partial charge in [-0.15, -0.1) is 0 Å². The van der Waals surface area contributed by atoms with E-state index in [1.165, 1.54) is 0 Å². The minimum Gasteiger partial charge on any atom is -0.497 e. The molecule has 2 saturated heterocycles. The zero-order valence-electron chi connectivity index (χ0n) is 23.3. The number of piperazine rings is 1. The maximum absolute atomic E-state index is 13.6. The molecule has 0 saturated carbocycles. The number of benzene rings is 2. The van der Waals surface area contributed by atoms with Crippen molar-refractivity contribution in [1.82, 2.24) is 25.1 Å². The van der Waals surface area contributed by atoms with Gasteiger partial charge in [0.05, 0.1) is 27.3 Å². The van der Waals surface area contributed by atoms with Crippen LogP contribution < -0.4 is 14.8 Å². The molecule has 4 amide bonds. The van der Waals surface area contributed by atoms with Gasteiger partial charge in [0.2, 0.25) is 11.8 Å². The molecule has 2 heterocycles. The van der Waals surface area contributed by atoms with Crippen molar-refractivity contribution >= 4 is 17.8 Å². The monoisotopic (exact) mass is 537 g/mol. The molecule has 2 fully saturated rings. The fourth-order valence-corrected chi connectivity index (χ4v) is 5.24. The second-order valence-electron chi connectivity index (χ2n) is 9.99. The molecule has 0 bridgehead atoms.